The van der Waals surface area contributed by atoms with Gasteiger partial charge in [-0.3, -0.25) is 9.59 Å². The van der Waals surface area contributed by atoms with Gasteiger partial charge in [0.2, 0.25) is 0 Å². The lowest BCUT2D eigenvalue weighted by molar-refractivity contribution is -0.123. The van der Waals surface area contributed by atoms with Crippen molar-refractivity contribution in [1.29, 1.82) is 0 Å². The Morgan fingerprint density at radius 3 is 2.70 bits per heavy atom. The molecule has 0 aliphatic carbocycles. The lowest BCUT2D eigenvalue weighted by Crippen LogP contribution is -2.32. The number of hydrogen-bond donors (Lipinski definition) is 3. The van der Waals surface area contributed by atoms with Crippen molar-refractivity contribution in [2.24, 2.45) is 5.73 Å². The van der Waals surface area contributed by atoms with Gasteiger partial charge in [-0.05, 0) is 12.1 Å². The average molecular weight is 282 g/mol. The number of nitrogens with one attached hydrogen (secondary N) is 1. The Morgan fingerprint density at radius 2 is 2.00 bits per heavy atom. The van der Waals surface area contributed by atoms with Crippen LogP contribution in [0.1, 0.15) is 10.4 Å². The second kappa shape index (κ2) is 8.89. The van der Waals surface area contributed by atoms with Crippen molar-refractivity contribution in [3.8, 4) is 5.75 Å². The number of ether oxygens (including phenoxy) is 2. The van der Waals surface area contributed by atoms with Crippen LogP contribution in [0.25, 0.3) is 0 Å². The van der Waals surface area contributed by atoms with Crippen LogP contribution in [-0.4, -0.2) is 49.9 Å². The SMILES string of the molecule is NC(=O)c1ccccc1OCC(=O)NCCOCCO. The summed E-state index contributed by atoms with van der Waals surface area (Å²) in [6.45, 7) is 0.591. The molecular weight excluding hydrogens is 264 g/mol. The number of carbonyl (C=O) groups excluding carboxylic acids is 2. The van der Waals surface area contributed by atoms with Gasteiger partial charge in [0.25, 0.3) is 11.8 Å². The Kier molecular flexibility index (Phi) is 7.08. The summed E-state index contributed by atoms with van der Waals surface area (Å²) in [6.07, 6.45) is 0. The molecular formula is C13H18N2O5. The molecule has 0 aliphatic rings. The number of rotatable bonds is 9. The summed E-state index contributed by atoms with van der Waals surface area (Å²) in [5.74, 6) is -0.679. The number of hydrogen-bond acceptors (Lipinski definition) is 5. The highest BCUT2D eigenvalue weighted by Gasteiger charge is 2.09. The largest absolute Gasteiger partial charge is 0.483 e. The fraction of sp³-hybridized carbons (Fsp3) is 0.385. The van der Waals surface area contributed by atoms with Crippen molar-refractivity contribution >= 4 is 11.8 Å². The van der Waals surface area contributed by atoms with Gasteiger partial charge in [-0.25, -0.2) is 0 Å². The zero-order chi connectivity index (χ0) is 14.8. The van der Waals surface area contributed by atoms with Crippen LogP contribution in [0.2, 0.25) is 0 Å². The van der Waals surface area contributed by atoms with E-state index in [0.717, 1.165) is 0 Å². The molecule has 4 N–H and O–H groups in total. The highest BCUT2D eigenvalue weighted by Crippen LogP contribution is 2.16. The monoisotopic (exact) mass is 282 g/mol. The standard InChI is InChI=1S/C13H18N2O5/c14-13(18)10-3-1-2-4-11(10)20-9-12(17)15-5-7-19-8-6-16/h1-4,16H,5-9H2,(H2,14,18)(H,15,17). The molecule has 0 saturated heterocycles. The number of primary amides is 1. The molecule has 2 amide bonds. The number of aliphatic hydroxyl groups excluding tert-OH is 1. The highest BCUT2D eigenvalue weighted by atomic mass is 16.5. The average Bonchev–Trinajstić information content (AvgIpc) is 2.45. The minimum Gasteiger partial charge on any atom is -0.483 e. The first-order chi connectivity index (χ1) is 9.65. The Labute approximate surface area is 116 Å². The summed E-state index contributed by atoms with van der Waals surface area (Å²) in [7, 11) is 0. The number of aliphatic hydroxyl groups is 1. The van der Waals surface area contributed by atoms with Crippen molar-refractivity contribution in [2.75, 3.05) is 33.0 Å². The molecule has 0 atom stereocenters. The third-order valence-electron chi connectivity index (χ3n) is 2.32. The van der Waals surface area contributed by atoms with Crippen molar-refractivity contribution in [2.45, 2.75) is 0 Å². The van der Waals surface area contributed by atoms with Gasteiger partial charge in [0.05, 0.1) is 25.4 Å². The van der Waals surface area contributed by atoms with E-state index in [0.29, 0.717) is 13.2 Å². The molecule has 0 bridgehead atoms. The quantitative estimate of drug-likeness (QED) is 0.518. The Bertz CT molecular complexity index is 450. The molecule has 0 spiro atoms. The second-order valence-corrected chi connectivity index (χ2v) is 3.84. The summed E-state index contributed by atoms with van der Waals surface area (Å²) >= 11 is 0. The van der Waals surface area contributed by atoms with Gasteiger partial charge in [-0.1, -0.05) is 12.1 Å². The van der Waals surface area contributed by atoms with Crippen LogP contribution in [0.4, 0.5) is 0 Å². The Morgan fingerprint density at radius 1 is 1.25 bits per heavy atom. The number of amides is 2. The van der Waals surface area contributed by atoms with E-state index in [4.69, 9.17) is 20.3 Å². The molecule has 0 aromatic heterocycles. The van der Waals surface area contributed by atoms with Gasteiger partial charge < -0.3 is 25.6 Å². The smallest absolute Gasteiger partial charge is 0.258 e. The molecule has 7 heteroatoms. The number of para-hydroxylation sites is 1. The lowest BCUT2D eigenvalue weighted by atomic mass is 10.2. The van der Waals surface area contributed by atoms with Gasteiger partial charge in [0.1, 0.15) is 5.75 Å². The lowest BCUT2D eigenvalue weighted by Gasteiger charge is -2.09. The number of nitrogens with two attached hydrogens (primary N) is 1. The first kappa shape index (κ1) is 15.9. The minimum atomic E-state index is -0.613. The van der Waals surface area contributed by atoms with E-state index in [9.17, 15) is 9.59 Å². The molecule has 1 rings (SSSR count). The van der Waals surface area contributed by atoms with Crippen LogP contribution in [0, 0.1) is 0 Å². The van der Waals surface area contributed by atoms with E-state index in [-0.39, 0.29) is 37.0 Å². The van der Waals surface area contributed by atoms with Crippen LogP contribution < -0.4 is 15.8 Å². The zero-order valence-electron chi connectivity index (χ0n) is 11.0. The van der Waals surface area contributed by atoms with E-state index in [2.05, 4.69) is 5.32 Å². The van der Waals surface area contributed by atoms with Gasteiger partial charge in [-0.15, -0.1) is 0 Å². The van der Waals surface area contributed by atoms with E-state index >= 15 is 0 Å². The second-order valence-electron chi connectivity index (χ2n) is 3.84. The topological polar surface area (TPSA) is 111 Å². The maximum Gasteiger partial charge on any atom is 0.258 e. The van der Waals surface area contributed by atoms with E-state index < -0.39 is 5.91 Å². The molecule has 0 unspecified atom stereocenters. The van der Waals surface area contributed by atoms with Gasteiger partial charge in [0.15, 0.2) is 6.61 Å². The maximum atomic E-state index is 11.5. The summed E-state index contributed by atoms with van der Waals surface area (Å²) in [4.78, 5) is 22.6. The van der Waals surface area contributed by atoms with E-state index in [1.807, 2.05) is 0 Å². The summed E-state index contributed by atoms with van der Waals surface area (Å²) in [5.41, 5.74) is 5.42. The first-order valence-corrected chi connectivity index (χ1v) is 6.12. The third kappa shape index (κ3) is 5.68. The van der Waals surface area contributed by atoms with Crippen LogP contribution in [-0.2, 0) is 9.53 Å². The molecule has 7 nitrogen and oxygen atoms in total. The predicted octanol–water partition coefficient (Wildman–Crippen LogP) is -0.711. The van der Waals surface area contributed by atoms with Crippen molar-refractivity contribution in [1.82, 2.24) is 5.32 Å². The first-order valence-electron chi connectivity index (χ1n) is 6.12. The molecule has 1 aromatic rings. The van der Waals surface area contributed by atoms with Crippen LogP contribution in [0.15, 0.2) is 24.3 Å². The number of carbonyl (C=O) groups is 2. The van der Waals surface area contributed by atoms with E-state index in [1.54, 1.807) is 18.2 Å². The van der Waals surface area contributed by atoms with Crippen molar-refractivity contribution in [3.63, 3.8) is 0 Å². The molecule has 0 radical (unpaired) electrons. The van der Waals surface area contributed by atoms with Gasteiger partial charge in [-0.2, -0.15) is 0 Å². The summed E-state index contributed by atoms with van der Waals surface area (Å²) in [5, 5.41) is 11.1. The Balaban J connectivity index is 2.32. The van der Waals surface area contributed by atoms with Crippen LogP contribution in [0.3, 0.4) is 0 Å². The normalized spacial score (nSPS) is 10.1. The molecule has 0 aliphatic heterocycles. The van der Waals surface area contributed by atoms with Gasteiger partial charge >= 0.3 is 0 Å². The minimum absolute atomic E-state index is 0.0546. The molecule has 110 valence electrons. The molecule has 20 heavy (non-hydrogen) atoms. The zero-order valence-corrected chi connectivity index (χ0v) is 11.0. The van der Waals surface area contributed by atoms with Gasteiger partial charge in [0, 0.05) is 6.54 Å². The maximum absolute atomic E-state index is 11.5. The highest BCUT2D eigenvalue weighted by molar-refractivity contribution is 5.95. The molecule has 0 fully saturated rings. The summed E-state index contributed by atoms with van der Waals surface area (Å²) < 4.78 is 10.2. The number of benzene rings is 1. The molecule has 0 saturated carbocycles. The Hall–Kier alpha value is -2.12. The van der Waals surface area contributed by atoms with E-state index in [1.165, 1.54) is 6.07 Å². The summed E-state index contributed by atoms with van der Waals surface area (Å²) in [6, 6.07) is 6.43. The third-order valence-corrected chi connectivity index (χ3v) is 2.32. The fourth-order valence-electron chi connectivity index (χ4n) is 1.42. The van der Waals surface area contributed by atoms with Crippen molar-refractivity contribution in [3.05, 3.63) is 29.8 Å². The molecule has 0 heterocycles. The van der Waals surface area contributed by atoms with Crippen LogP contribution >= 0.6 is 0 Å². The van der Waals surface area contributed by atoms with Crippen LogP contribution in [0.5, 0.6) is 5.75 Å². The van der Waals surface area contributed by atoms with Crippen molar-refractivity contribution < 1.29 is 24.2 Å². The predicted molar refractivity (Wildman–Crippen MR) is 71.4 cm³/mol. The molecule has 1 aromatic carbocycles. The fourth-order valence-corrected chi connectivity index (χ4v) is 1.42.